The molecule has 0 saturated carbocycles. The van der Waals surface area contributed by atoms with Gasteiger partial charge in [0.2, 0.25) is 5.91 Å². The Kier molecular flexibility index (Phi) is 11.3. The third-order valence-electron chi connectivity index (χ3n) is 4.71. The summed E-state index contributed by atoms with van der Waals surface area (Å²) >= 11 is 0. The number of guanidine groups is 1. The van der Waals surface area contributed by atoms with Crippen LogP contribution in [-0.4, -0.2) is 49.0 Å². The van der Waals surface area contributed by atoms with Crippen LogP contribution in [0.5, 0.6) is 5.75 Å². The second kappa shape index (κ2) is 14.7. The van der Waals surface area contributed by atoms with Crippen LogP contribution in [-0.2, 0) is 23.9 Å². The summed E-state index contributed by atoms with van der Waals surface area (Å²) < 4.78 is 15.2. The summed E-state index contributed by atoms with van der Waals surface area (Å²) in [5.74, 6) is -1.98. The number of nitrogens with zero attached hydrogens (tertiary/aromatic N) is 1. The summed E-state index contributed by atoms with van der Waals surface area (Å²) in [6.07, 6.45) is 2.76. The lowest BCUT2D eigenvalue weighted by molar-refractivity contribution is -0.148. The Morgan fingerprint density at radius 1 is 0.946 bits per heavy atom. The molecule has 2 aromatic carbocycles. The van der Waals surface area contributed by atoms with Gasteiger partial charge in [-0.3, -0.25) is 9.59 Å². The molecule has 37 heavy (non-hydrogen) atoms. The van der Waals surface area contributed by atoms with Gasteiger partial charge in [0.05, 0.1) is 24.5 Å². The van der Waals surface area contributed by atoms with E-state index in [-0.39, 0.29) is 32.0 Å². The first-order valence-corrected chi connectivity index (χ1v) is 11.5. The number of amides is 1. The van der Waals surface area contributed by atoms with Crippen LogP contribution < -0.4 is 21.5 Å². The molecule has 0 aliphatic rings. The zero-order valence-corrected chi connectivity index (χ0v) is 20.6. The van der Waals surface area contributed by atoms with Crippen LogP contribution in [0.15, 0.2) is 59.6 Å². The van der Waals surface area contributed by atoms with Gasteiger partial charge in [-0.1, -0.05) is 12.1 Å². The highest BCUT2D eigenvalue weighted by atomic mass is 16.5. The van der Waals surface area contributed by atoms with Crippen LogP contribution in [0.2, 0.25) is 0 Å². The number of hydrogen-bond acceptors (Lipinski definition) is 8. The average molecular weight is 511 g/mol. The van der Waals surface area contributed by atoms with E-state index in [0.29, 0.717) is 22.6 Å². The van der Waals surface area contributed by atoms with Crippen molar-refractivity contribution in [2.45, 2.75) is 32.7 Å². The molecule has 11 nitrogen and oxygen atoms in total. The molecule has 0 heterocycles. The number of esters is 3. The number of nitrogens with two attached hydrogens (primary N) is 2. The Labute approximate surface area is 214 Å². The molecule has 0 bridgehead atoms. The Morgan fingerprint density at radius 2 is 1.59 bits per heavy atom. The summed E-state index contributed by atoms with van der Waals surface area (Å²) in [6.45, 7) is 3.69. The average Bonchev–Trinajstić information content (AvgIpc) is 2.86. The fraction of sp³-hybridized carbons (Fsp3) is 0.269. The minimum Gasteiger partial charge on any atom is -0.466 e. The number of carbonyl (C=O) groups excluding carboxylic acids is 4. The highest BCUT2D eigenvalue weighted by Gasteiger charge is 2.22. The summed E-state index contributed by atoms with van der Waals surface area (Å²) in [5.41, 5.74) is 12.1. The van der Waals surface area contributed by atoms with Crippen LogP contribution in [0.1, 0.15) is 42.6 Å². The van der Waals surface area contributed by atoms with Gasteiger partial charge in [0, 0.05) is 12.5 Å². The number of aliphatic imine (C=N–C) groups is 1. The van der Waals surface area contributed by atoms with Crippen molar-refractivity contribution in [3.63, 3.8) is 0 Å². The fourth-order valence-electron chi connectivity index (χ4n) is 3.01. The third kappa shape index (κ3) is 10.2. The molecular weight excluding hydrogens is 480 g/mol. The molecule has 1 atom stereocenters. The smallest absolute Gasteiger partial charge is 0.343 e. The maximum Gasteiger partial charge on any atom is 0.343 e. The number of nitrogens with one attached hydrogen (secondary N) is 1. The van der Waals surface area contributed by atoms with Gasteiger partial charge in [-0.2, -0.15) is 0 Å². The molecule has 2 aromatic rings. The van der Waals surface area contributed by atoms with Crippen molar-refractivity contribution in [3.8, 4) is 5.75 Å². The van der Waals surface area contributed by atoms with E-state index in [1.807, 2.05) is 0 Å². The first kappa shape index (κ1) is 28.6. The predicted molar refractivity (Wildman–Crippen MR) is 137 cm³/mol. The van der Waals surface area contributed by atoms with Crippen molar-refractivity contribution < 1.29 is 33.4 Å². The van der Waals surface area contributed by atoms with E-state index in [1.165, 1.54) is 12.2 Å². The maximum absolute atomic E-state index is 12.4. The van der Waals surface area contributed by atoms with Gasteiger partial charge in [-0.05, 0) is 68.3 Å². The second-order valence-electron chi connectivity index (χ2n) is 7.53. The van der Waals surface area contributed by atoms with Crippen LogP contribution in [0.3, 0.4) is 0 Å². The minimum atomic E-state index is -0.993. The van der Waals surface area contributed by atoms with Gasteiger partial charge in [0.1, 0.15) is 11.8 Å². The molecular formula is C26H30N4O7. The molecule has 5 N–H and O–H groups in total. The fourth-order valence-corrected chi connectivity index (χ4v) is 3.01. The van der Waals surface area contributed by atoms with Gasteiger partial charge in [0.25, 0.3) is 0 Å². The zero-order chi connectivity index (χ0) is 27.2. The number of hydrogen-bond donors (Lipinski definition) is 3. The van der Waals surface area contributed by atoms with Gasteiger partial charge < -0.3 is 31.0 Å². The molecule has 2 rings (SSSR count). The standard InChI is InChI=1S/C26H30N4O7/c1-3-35-23(32)16-14-21(25(34)36-4-2)30-22(31)15-7-17-5-8-18(9-6-17)24(33)37-20-12-10-19(11-13-20)29-26(27)28/h5-13,15,21H,3-4,14,16H2,1-2H3,(H,30,31)(H4,27,28,29)/b15-7+. The normalized spacial score (nSPS) is 11.3. The Hall–Kier alpha value is -4.67. The van der Waals surface area contributed by atoms with Crippen molar-refractivity contribution in [2.75, 3.05) is 13.2 Å². The SMILES string of the molecule is CCOC(=O)CCC(NC(=O)/C=C/c1ccc(C(=O)Oc2ccc(N=C(N)N)cc2)cc1)C(=O)OCC. The molecule has 0 aliphatic carbocycles. The molecule has 1 amide bonds. The van der Waals surface area contributed by atoms with Crippen LogP contribution in [0.4, 0.5) is 5.69 Å². The first-order chi connectivity index (χ1) is 17.7. The van der Waals surface area contributed by atoms with Crippen LogP contribution in [0.25, 0.3) is 6.08 Å². The third-order valence-corrected chi connectivity index (χ3v) is 4.71. The number of ether oxygens (including phenoxy) is 3. The van der Waals surface area contributed by atoms with Crippen LogP contribution in [0, 0.1) is 0 Å². The molecule has 0 aliphatic heterocycles. The Morgan fingerprint density at radius 3 is 2.19 bits per heavy atom. The van der Waals surface area contributed by atoms with E-state index >= 15 is 0 Å². The zero-order valence-electron chi connectivity index (χ0n) is 20.6. The topological polar surface area (TPSA) is 172 Å². The van der Waals surface area contributed by atoms with Gasteiger partial charge >= 0.3 is 17.9 Å². The van der Waals surface area contributed by atoms with E-state index in [2.05, 4.69) is 10.3 Å². The molecule has 1 unspecified atom stereocenters. The molecule has 0 saturated heterocycles. The van der Waals surface area contributed by atoms with E-state index in [4.69, 9.17) is 25.7 Å². The maximum atomic E-state index is 12.4. The molecule has 0 spiro atoms. The molecule has 0 fully saturated rings. The van der Waals surface area contributed by atoms with Crippen molar-refractivity contribution in [1.82, 2.24) is 5.32 Å². The minimum absolute atomic E-state index is 0.0424. The summed E-state index contributed by atoms with van der Waals surface area (Å²) in [5, 5.41) is 2.54. The van der Waals surface area contributed by atoms with Crippen molar-refractivity contribution in [3.05, 3.63) is 65.7 Å². The van der Waals surface area contributed by atoms with Crippen molar-refractivity contribution in [1.29, 1.82) is 0 Å². The monoisotopic (exact) mass is 510 g/mol. The van der Waals surface area contributed by atoms with Crippen LogP contribution >= 0.6 is 0 Å². The van der Waals surface area contributed by atoms with E-state index in [9.17, 15) is 19.2 Å². The highest BCUT2D eigenvalue weighted by Crippen LogP contribution is 2.19. The summed E-state index contributed by atoms with van der Waals surface area (Å²) in [7, 11) is 0. The molecule has 196 valence electrons. The molecule has 0 aromatic heterocycles. The summed E-state index contributed by atoms with van der Waals surface area (Å²) in [4.78, 5) is 52.4. The van der Waals surface area contributed by atoms with Gasteiger partial charge in [0.15, 0.2) is 5.96 Å². The molecule has 0 radical (unpaired) electrons. The first-order valence-electron chi connectivity index (χ1n) is 11.5. The van der Waals surface area contributed by atoms with E-state index in [0.717, 1.165) is 0 Å². The summed E-state index contributed by atoms with van der Waals surface area (Å²) in [6, 6.07) is 11.7. The lowest BCUT2D eigenvalue weighted by Gasteiger charge is -2.16. The number of carbonyl (C=O) groups is 4. The van der Waals surface area contributed by atoms with E-state index < -0.39 is 29.9 Å². The second-order valence-corrected chi connectivity index (χ2v) is 7.53. The van der Waals surface area contributed by atoms with Gasteiger partial charge in [-0.25, -0.2) is 14.6 Å². The highest BCUT2D eigenvalue weighted by molar-refractivity contribution is 5.95. The number of benzene rings is 2. The van der Waals surface area contributed by atoms with Crippen molar-refractivity contribution >= 4 is 41.5 Å². The molecule has 11 heteroatoms. The lowest BCUT2D eigenvalue weighted by atomic mass is 10.1. The predicted octanol–water partition coefficient (Wildman–Crippen LogP) is 2.22. The van der Waals surface area contributed by atoms with Gasteiger partial charge in [-0.15, -0.1) is 0 Å². The largest absolute Gasteiger partial charge is 0.466 e. The van der Waals surface area contributed by atoms with Crippen molar-refractivity contribution in [2.24, 2.45) is 16.5 Å². The Balaban J connectivity index is 1.95. The number of rotatable bonds is 12. The quantitative estimate of drug-likeness (QED) is 0.127. The lowest BCUT2D eigenvalue weighted by Crippen LogP contribution is -2.41. The Bertz CT molecular complexity index is 1140. The van der Waals surface area contributed by atoms with E-state index in [1.54, 1.807) is 62.4 Å².